The Bertz CT molecular complexity index is 180. The predicted octanol–water partition coefficient (Wildman–Crippen LogP) is 2.11. The third-order valence-electron chi connectivity index (χ3n) is 1.61. The smallest absolute Gasteiger partial charge is 0.247 e. The summed E-state index contributed by atoms with van der Waals surface area (Å²) in [6.45, 7) is 9.87. The van der Waals surface area contributed by atoms with Gasteiger partial charge in [-0.1, -0.05) is 19.9 Å². The first-order valence-electron chi connectivity index (χ1n) is 4.46. The third-order valence-corrected chi connectivity index (χ3v) is 1.61. The zero-order valence-corrected chi connectivity index (χ0v) is 8.64. The van der Waals surface area contributed by atoms with Crippen LogP contribution in [0.3, 0.4) is 0 Å². The summed E-state index contributed by atoms with van der Waals surface area (Å²) in [6, 6.07) is 0.214. The molecular weight excluding hydrogens is 150 g/mol. The normalized spacial score (nSPS) is 12.4. The minimum atomic E-state index is 0.0579. The third kappa shape index (κ3) is 3.56. The van der Waals surface area contributed by atoms with Gasteiger partial charge in [-0.2, -0.15) is 0 Å². The number of carbonyl (C=O) groups is 1. The van der Waals surface area contributed by atoms with Crippen molar-refractivity contribution in [2.24, 2.45) is 5.92 Å². The Labute approximate surface area is 75.0 Å². The van der Waals surface area contributed by atoms with Crippen LogP contribution in [0.2, 0.25) is 0 Å². The Hall–Kier alpha value is -0.790. The lowest BCUT2D eigenvalue weighted by Gasteiger charge is -2.13. The molecule has 0 aliphatic rings. The number of hydrogen-bond acceptors (Lipinski definition) is 1. The first-order valence-corrected chi connectivity index (χ1v) is 4.46. The highest BCUT2D eigenvalue weighted by Gasteiger charge is 2.12. The number of amides is 1. The van der Waals surface area contributed by atoms with E-state index in [1.54, 1.807) is 0 Å². The van der Waals surface area contributed by atoms with Crippen molar-refractivity contribution >= 4 is 5.91 Å². The summed E-state index contributed by atoms with van der Waals surface area (Å²) in [7, 11) is 0. The van der Waals surface area contributed by atoms with E-state index in [1.807, 2.05) is 40.7 Å². The molecule has 0 fully saturated rings. The highest BCUT2D eigenvalue weighted by atomic mass is 16.1. The summed E-state index contributed by atoms with van der Waals surface area (Å²) < 4.78 is 0. The van der Waals surface area contributed by atoms with Gasteiger partial charge in [0, 0.05) is 11.6 Å². The molecule has 0 aliphatic carbocycles. The van der Waals surface area contributed by atoms with Crippen molar-refractivity contribution in [2.75, 3.05) is 0 Å². The Morgan fingerprint density at radius 2 is 1.75 bits per heavy atom. The monoisotopic (exact) mass is 169 g/mol. The SMILES string of the molecule is C/C=C(/C(=O)NC(C)C)C(C)C. The van der Waals surface area contributed by atoms with Gasteiger partial charge in [0.2, 0.25) is 5.91 Å². The van der Waals surface area contributed by atoms with Crippen molar-refractivity contribution in [1.82, 2.24) is 5.32 Å². The van der Waals surface area contributed by atoms with Crippen LogP contribution in [0.5, 0.6) is 0 Å². The standard InChI is InChI=1S/C10H19NO/c1-6-9(7(2)3)10(12)11-8(4)5/h6-8H,1-5H3,(H,11,12)/b9-6+. The fourth-order valence-electron chi connectivity index (χ4n) is 1.07. The van der Waals surface area contributed by atoms with Gasteiger partial charge in [-0.25, -0.2) is 0 Å². The maximum Gasteiger partial charge on any atom is 0.247 e. The second-order valence-electron chi connectivity index (χ2n) is 3.53. The molecule has 1 amide bonds. The Kier molecular flexibility index (Phi) is 4.64. The molecule has 0 bridgehead atoms. The number of carbonyl (C=O) groups excluding carboxylic acids is 1. The molecule has 1 N–H and O–H groups in total. The summed E-state index contributed by atoms with van der Waals surface area (Å²) in [5.74, 6) is 0.358. The predicted molar refractivity (Wildman–Crippen MR) is 51.9 cm³/mol. The van der Waals surface area contributed by atoms with Crippen LogP contribution < -0.4 is 5.32 Å². The van der Waals surface area contributed by atoms with E-state index in [2.05, 4.69) is 5.32 Å². The average molecular weight is 169 g/mol. The largest absolute Gasteiger partial charge is 0.350 e. The van der Waals surface area contributed by atoms with Crippen LogP contribution in [0.1, 0.15) is 34.6 Å². The van der Waals surface area contributed by atoms with E-state index in [1.165, 1.54) is 0 Å². The molecule has 0 aliphatic heterocycles. The van der Waals surface area contributed by atoms with Crippen molar-refractivity contribution in [3.8, 4) is 0 Å². The average Bonchev–Trinajstić information content (AvgIpc) is 1.85. The zero-order valence-electron chi connectivity index (χ0n) is 8.64. The van der Waals surface area contributed by atoms with Gasteiger partial charge in [-0.05, 0) is 26.7 Å². The lowest BCUT2D eigenvalue weighted by Crippen LogP contribution is -2.32. The Balaban J connectivity index is 4.25. The lowest BCUT2D eigenvalue weighted by molar-refractivity contribution is -0.118. The van der Waals surface area contributed by atoms with E-state index in [9.17, 15) is 4.79 Å². The molecule has 2 nitrogen and oxygen atoms in total. The number of hydrogen-bond donors (Lipinski definition) is 1. The van der Waals surface area contributed by atoms with Gasteiger partial charge in [0.25, 0.3) is 0 Å². The van der Waals surface area contributed by atoms with Gasteiger partial charge >= 0.3 is 0 Å². The molecule has 0 aromatic carbocycles. The first kappa shape index (κ1) is 11.2. The van der Waals surface area contributed by atoms with Crippen molar-refractivity contribution in [1.29, 1.82) is 0 Å². The molecule has 2 heteroatoms. The number of nitrogens with one attached hydrogen (secondary N) is 1. The highest BCUT2D eigenvalue weighted by Crippen LogP contribution is 2.08. The Morgan fingerprint density at radius 1 is 1.25 bits per heavy atom. The molecule has 0 unspecified atom stereocenters. The Morgan fingerprint density at radius 3 is 2.00 bits per heavy atom. The second-order valence-corrected chi connectivity index (χ2v) is 3.53. The van der Waals surface area contributed by atoms with Gasteiger partial charge < -0.3 is 5.32 Å². The van der Waals surface area contributed by atoms with E-state index in [0.717, 1.165) is 5.57 Å². The quantitative estimate of drug-likeness (QED) is 0.644. The molecule has 0 heterocycles. The summed E-state index contributed by atoms with van der Waals surface area (Å²) in [6.07, 6.45) is 1.88. The van der Waals surface area contributed by atoms with Crippen molar-refractivity contribution in [2.45, 2.75) is 40.7 Å². The van der Waals surface area contributed by atoms with Crippen LogP contribution >= 0.6 is 0 Å². The summed E-state index contributed by atoms with van der Waals surface area (Å²) >= 11 is 0. The molecule has 12 heavy (non-hydrogen) atoms. The van der Waals surface area contributed by atoms with Gasteiger partial charge in [-0.3, -0.25) is 4.79 Å². The maximum atomic E-state index is 11.4. The molecule has 70 valence electrons. The van der Waals surface area contributed by atoms with Crippen LogP contribution in [-0.2, 0) is 4.79 Å². The van der Waals surface area contributed by atoms with Crippen molar-refractivity contribution in [3.63, 3.8) is 0 Å². The van der Waals surface area contributed by atoms with Crippen LogP contribution in [0.15, 0.2) is 11.6 Å². The summed E-state index contributed by atoms with van der Waals surface area (Å²) in [4.78, 5) is 11.4. The molecule has 0 saturated heterocycles. The topological polar surface area (TPSA) is 29.1 Å². The van der Waals surface area contributed by atoms with E-state index in [-0.39, 0.29) is 11.9 Å². The fourth-order valence-corrected chi connectivity index (χ4v) is 1.07. The molecule has 0 spiro atoms. The minimum absolute atomic E-state index is 0.0579. The van der Waals surface area contributed by atoms with E-state index < -0.39 is 0 Å². The van der Waals surface area contributed by atoms with Crippen LogP contribution in [0.4, 0.5) is 0 Å². The minimum Gasteiger partial charge on any atom is -0.350 e. The highest BCUT2D eigenvalue weighted by molar-refractivity contribution is 5.93. The number of allylic oxidation sites excluding steroid dienone is 1. The van der Waals surface area contributed by atoms with Crippen LogP contribution in [0.25, 0.3) is 0 Å². The van der Waals surface area contributed by atoms with Gasteiger partial charge in [0.1, 0.15) is 0 Å². The summed E-state index contributed by atoms with van der Waals surface area (Å²) in [5, 5.41) is 2.87. The molecular formula is C10H19NO. The first-order chi connectivity index (χ1) is 5.49. The van der Waals surface area contributed by atoms with Gasteiger partial charge in [0.15, 0.2) is 0 Å². The zero-order chi connectivity index (χ0) is 9.72. The lowest BCUT2D eigenvalue weighted by atomic mass is 10.0. The van der Waals surface area contributed by atoms with Crippen LogP contribution in [0, 0.1) is 5.92 Å². The van der Waals surface area contributed by atoms with Crippen molar-refractivity contribution < 1.29 is 4.79 Å². The maximum absolute atomic E-state index is 11.4. The molecule has 0 radical (unpaired) electrons. The number of rotatable bonds is 3. The van der Waals surface area contributed by atoms with Gasteiger partial charge in [0.05, 0.1) is 0 Å². The van der Waals surface area contributed by atoms with E-state index >= 15 is 0 Å². The van der Waals surface area contributed by atoms with E-state index in [0.29, 0.717) is 5.92 Å². The molecule has 0 aromatic heterocycles. The van der Waals surface area contributed by atoms with E-state index in [4.69, 9.17) is 0 Å². The molecule has 0 saturated carbocycles. The van der Waals surface area contributed by atoms with Crippen LogP contribution in [-0.4, -0.2) is 11.9 Å². The second kappa shape index (κ2) is 4.96. The fraction of sp³-hybridized carbons (Fsp3) is 0.700. The summed E-state index contributed by atoms with van der Waals surface area (Å²) in [5.41, 5.74) is 0.865. The molecule has 0 rings (SSSR count). The van der Waals surface area contributed by atoms with Crippen molar-refractivity contribution in [3.05, 3.63) is 11.6 Å². The molecule has 0 atom stereocenters. The van der Waals surface area contributed by atoms with Gasteiger partial charge in [-0.15, -0.1) is 0 Å². The molecule has 0 aromatic rings.